The Kier molecular flexibility index (Phi) is 9.50. The zero-order valence-corrected chi connectivity index (χ0v) is 14.9. The minimum Gasteiger partial charge on any atom is -0.497 e. The molecule has 25 heavy (non-hydrogen) atoms. The molecule has 1 rings (SSSR count). The molecule has 1 aromatic rings. The molecule has 0 spiro atoms. The largest absolute Gasteiger partial charge is 0.497 e. The second kappa shape index (κ2) is 10.5. The van der Waals surface area contributed by atoms with E-state index in [4.69, 9.17) is 9.47 Å². The first kappa shape index (κ1) is 22.6. The lowest BCUT2D eigenvalue weighted by Gasteiger charge is -2.25. The molecule has 0 saturated carbocycles. The van der Waals surface area contributed by atoms with E-state index in [0.29, 0.717) is 17.7 Å². The molecule has 4 heteroatoms. The van der Waals surface area contributed by atoms with Gasteiger partial charge in [0, 0.05) is 5.56 Å². The van der Waals surface area contributed by atoms with Crippen molar-refractivity contribution in [3.63, 3.8) is 0 Å². The molecule has 0 radical (unpaired) electrons. The van der Waals surface area contributed by atoms with Gasteiger partial charge in [-0.15, -0.1) is 0 Å². The fourth-order valence-corrected chi connectivity index (χ4v) is 2.15. The molecule has 0 fully saturated rings. The van der Waals surface area contributed by atoms with E-state index in [-0.39, 0.29) is 19.6 Å². The maximum atomic E-state index is 12.2. The quantitative estimate of drug-likeness (QED) is 0.269. The topological polar surface area (TPSA) is 52.6 Å². The first-order valence-corrected chi connectivity index (χ1v) is 7.95. The normalized spacial score (nSPS) is 12.2. The van der Waals surface area contributed by atoms with Crippen molar-refractivity contribution in [1.29, 1.82) is 0 Å². The molecule has 0 bridgehead atoms. The van der Waals surface area contributed by atoms with Crippen molar-refractivity contribution in [3.8, 4) is 5.75 Å². The summed E-state index contributed by atoms with van der Waals surface area (Å²) in [6.45, 7) is 9.58. The van der Waals surface area contributed by atoms with Gasteiger partial charge < -0.3 is 9.47 Å². The number of ketones is 1. The summed E-state index contributed by atoms with van der Waals surface area (Å²) in [5, 5.41) is 0. The van der Waals surface area contributed by atoms with Gasteiger partial charge in [-0.25, -0.2) is 0 Å². The fourth-order valence-electron chi connectivity index (χ4n) is 2.15. The van der Waals surface area contributed by atoms with Crippen LogP contribution >= 0.6 is 0 Å². The van der Waals surface area contributed by atoms with E-state index < -0.39 is 11.6 Å². The molecule has 0 saturated heterocycles. The standard InChI is InChI=1S/C20H26O4.CH4/c1-6-20(4,13-7-8-15(2)3)24-19(22)14-18(21)16-9-11-17(23-5)12-10-16;/h6,8-12H,1,7,13-14H2,2-5H3;1H4. The van der Waals surface area contributed by atoms with Crippen LogP contribution in [0.3, 0.4) is 0 Å². The van der Waals surface area contributed by atoms with Crippen LogP contribution in [0.15, 0.2) is 48.6 Å². The average molecular weight is 346 g/mol. The van der Waals surface area contributed by atoms with Crippen LogP contribution in [-0.4, -0.2) is 24.5 Å². The van der Waals surface area contributed by atoms with E-state index >= 15 is 0 Å². The van der Waals surface area contributed by atoms with E-state index in [9.17, 15) is 9.59 Å². The minimum absolute atomic E-state index is 0. The number of benzene rings is 1. The Morgan fingerprint density at radius 2 is 1.80 bits per heavy atom. The average Bonchev–Trinajstić information content (AvgIpc) is 2.54. The van der Waals surface area contributed by atoms with E-state index in [1.54, 1.807) is 44.4 Å². The third kappa shape index (κ3) is 7.84. The van der Waals surface area contributed by atoms with Crippen LogP contribution in [-0.2, 0) is 9.53 Å². The number of rotatable bonds is 9. The second-order valence-corrected chi connectivity index (χ2v) is 6.14. The molecule has 0 aliphatic rings. The first-order valence-electron chi connectivity index (χ1n) is 7.95. The second-order valence-electron chi connectivity index (χ2n) is 6.14. The van der Waals surface area contributed by atoms with E-state index in [0.717, 1.165) is 6.42 Å². The SMILES string of the molecule is C.C=CC(C)(CCC=C(C)C)OC(=O)CC(=O)c1ccc(OC)cc1. The monoisotopic (exact) mass is 346 g/mol. The van der Waals surface area contributed by atoms with Gasteiger partial charge in [-0.2, -0.15) is 0 Å². The van der Waals surface area contributed by atoms with Crippen molar-refractivity contribution in [3.05, 3.63) is 54.1 Å². The highest BCUT2D eigenvalue weighted by Crippen LogP contribution is 2.21. The zero-order valence-electron chi connectivity index (χ0n) is 14.9. The summed E-state index contributed by atoms with van der Waals surface area (Å²) in [4.78, 5) is 24.2. The number of Topliss-reactive ketones (excluding diaryl/α,β-unsaturated/α-hetero) is 1. The van der Waals surface area contributed by atoms with Gasteiger partial charge in [0.2, 0.25) is 0 Å². The summed E-state index contributed by atoms with van der Waals surface area (Å²) in [5.74, 6) is -0.165. The van der Waals surface area contributed by atoms with Gasteiger partial charge >= 0.3 is 5.97 Å². The summed E-state index contributed by atoms with van der Waals surface area (Å²) in [5.41, 5.74) is 0.892. The third-order valence-corrected chi connectivity index (χ3v) is 3.69. The van der Waals surface area contributed by atoms with Crippen molar-refractivity contribution in [2.45, 2.75) is 53.1 Å². The summed E-state index contributed by atoms with van der Waals surface area (Å²) >= 11 is 0. The smallest absolute Gasteiger partial charge is 0.314 e. The summed E-state index contributed by atoms with van der Waals surface area (Å²) in [7, 11) is 1.56. The van der Waals surface area contributed by atoms with Crippen LogP contribution < -0.4 is 4.74 Å². The highest BCUT2D eigenvalue weighted by Gasteiger charge is 2.25. The highest BCUT2D eigenvalue weighted by atomic mass is 16.6. The predicted octanol–water partition coefficient (Wildman–Crippen LogP) is 5.14. The van der Waals surface area contributed by atoms with E-state index in [1.807, 2.05) is 13.8 Å². The summed E-state index contributed by atoms with van der Waals surface area (Å²) in [6, 6.07) is 6.64. The van der Waals surface area contributed by atoms with E-state index in [1.165, 1.54) is 5.57 Å². The molecular weight excluding hydrogens is 316 g/mol. The lowest BCUT2D eigenvalue weighted by Crippen LogP contribution is -2.30. The molecule has 1 unspecified atom stereocenters. The van der Waals surface area contributed by atoms with Crippen molar-refractivity contribution in [2.75, 3.05) is 7.11 Å². The van der Waals surface area contributed by atoms with E-state index in [2.05, 4.69) is 12.7 Å². The number of allylic oxidation sites excluding steroid dienone is 2. The molecule has 0 aliphatic heterocycles. The van der Waals surface area contributed by atoms with Gasteiger partial charge in [-0.1, -0.05) is 25.7 Å². The lowest BCUT2D eigenvalue weighted by atomic mass is 9.99. The Labute approximate surface area is 151 Å². The number of hydrogen-bond donors (Lipinski definition) is 0. The maximum absolute atomic E-state index is 12.2. The van der Waals surface area contributed by atoms with Crippen molar-refractivity contribution >= 4 is 11.8 Å². The summed E-state index contributed by atoms with van der Waals surface area (Å²) < 4.78 is 10.5. The predicted molar refractivity (Wildman–Crippen MR) is 102 cm³/mol. The number of esters is 1. The van der Waals surface area contributed by atoms with Gasteiger partial charge in [-0.05, 0) is 64.0 Å². The Balaban J connectivity index is 0.00000576. The van der Waals surface area contributed by atoms with Crippen LogP contribution in [0.25, 0.3) is 0 Å². The number of hydrogen-bond acceptors (Lipinski definition) is 4. The molecule has 0 N–H and O–H groups in total. The van der Waals surface area contributed by atoms with Crippen molar-refractivity contribution < 1.29 is 19.1 Å². The third-order valence-electron chi connectivity index (χ3n) is 3.69. The van der Waals surface area contributed by atoms with Crippen LogP contribution in [0.1, 0.15) is 57.8 Å². The Bertz CT molecular complexity index is 609. The van der Waals surface area contributed by atoms with Gasteiger partial charge in [0.05, 0.1) is 7.11 Å². The minimum atomic E-state index is -0.775. The molecule has 0 heterocycles. The van der Waals surface area contributed by atoms with Crippen LogP contribution in [0.4, 0.5) is 0 Å². The number of carbonyl (C=O) groups is 2. The van der Waals surface area contributed by atoms with Gasteiger partial charge in [0.25, 0.3) is 0 Å². The van der Waals surface area contributed by atoms with Gasteiger partial charge in [0.1, 0.15) is 17.8 Å². The molecule has 0 aliphatic carbocycles. The van der Waals surface area contributed by atoms with Crippen molar-refractivity contribution in [1.82, 2.24) is 0 Å². The first-order chi connectivity index (χ1) is 11.3. The Morgan fingerprint density at radius 3 is 2.28 bits per heavy atom. The van der Waals surface area contributed by atoms with Crippen LogP contribution in [0.2, 0.25) is 0 Å². The number of carbonyl (C=O) groups excluding carboxylic acids is 2. The Morgan fingerprint density at radius 1 is 1.20 bits per heavy atom. The number of methoxy groups -OCH3 is 1. The van der Waals surface area contributed by atoms with Crippen LogP contribution in [0.5, 0.6) is 5.75 Å². The van der Waals surface area contributed by atoms with Gasteiger partial charge in [0.15, 0.2) is 5.78 Å². The lowest BCUT2D eigenvalue weighted by molar-refractivity contribution is -0.153. The number of ether oxygens (including phenoxy) is 2. The molecular formula is C21H30O4. The fraction of sp³-hybridized carbons (Fsp3) is 0.429. The molecule has 0 amide bonds. The van der Waals surface area contributed by atoms with Crippen LogP contribution in [0, 0.1) is 0 Å². The molecule has 138 valence electrons. The highest BCUT2D eigenvalue weighted by molar-refractivity contribution is 6.06. The molecule has 4 nitrogen and oxygen atoms in total. The molecule has 1 atom stereocenters. The maximum Gasteiger partial charge on any atom is 0.314 e. The van der Waals surface area contributed by atoms with Gasteiger partial charge in [-0.3, -0.25) is 9.59 Å². The Hall–Kier alpha value is -2.36. The zero-order chi connectivity index (χ0) is 18.2. The molecule has 0 aromatic heterocycles. The molecule has 1 aromatic carbocycles. The van der Waals surface area contributed by atoms with Crippen molar-refractivity contribution in [2.24, 2.45) is 0 Å². The summed E-state index contributed by atoms with van der Waals surface area (Å²) in [6.07, 6.45) is 4.81.